The Bertz CT molecular complexity index is 1040. The van der Waals surface area contributed by atoms with Gasteiger partial charge in [0.25, 0.3) is 5.91 Å². The largest absolute Gasteiger partial charge is 0.435 e. The number of anilines is 1. The molecule has 0 saturated heterocycles. The van der Waals surface area contributed by atoms with Gasteiger partial charge in [0.05, 0.1) is 5.69 Å². The molecular weight excluding hydrogens is 407 g/mol. The molecule has 11 heteroatoms. The van der Waals surface area contributed by atoms with E-state index in [9.17, 15) is 35.5 Å². The van der Waals surface area contributed by atoms with Crippen LogP contribution < -0.4 is 5.32 Å². The number of hydrogen-bond donors (Lipinski definition) is 1. The molecule has 0 atom stereocenters. The fraction of sp³-hybridized carbons (Fsp3) is 0.111. The van der Waals surface area contributed by atoms with Gasteiger partial charge in [0.1, 0.15) is 11.5 Å². The Balaban J connectivity index is 1.96. The maximum atomic E-state index is 13.2. The van der Waals surface area contributed by atoms with E-state index in [0.717, 1.165) is 24.3 Å². The van der Waals surface area contributed by atoms with E-state index in [1.165, 1.54) is 24.3 Å². The molecule has 0 spiro atoms. The lowest BCUT2D eigenvalue weighted by atomic mass is 10.2. The molecule has 1 aromatic heterocycles. The zero-order valence-corrected chi connectivity index (χ0v) is 14.1. The summed E-state index contributed by atoms with van der Waals surface area (Å²) in [5.41, 5.74) is -3.58. The monoisotopic (exact) mass is 417 g/mol. The van der Waals surface area contributed by atoms with Crippen LogP contribution >= 0.6 is 0 Å². The summed E-state index contributed by atoms with van der Waals surface area (Å²) in [6.07, 6.45) is -10.2. The zero-order valence-electron chi connectivity index (χ0n) is 14.1. The zero-order chi connectivity index (χ0) is 21.4. The molecule has 4 nitrogen and oxygen atoms in total. The molecule has 1 heterocycles. The second-order valence-electron chi connectivity index (χ2n) is 5.83. The predicted octanol–water partition coefficient (Wildman–Crippen LogP) is 5.30. The summed E-state index contributed by atoms with van der Waals surface area (Å²) in [4.78, 5) is 12.2. The number of alkyl halides is 6. The van der Waals surface area contributed by atoms with Crippen molar-refractivity contribution in [2.45, 2.75) is 12.4 Å². The molecule has 3 aromatic rings. The Morgan fingerprint density at radius 3 is 2.14 bits per heavy atom. The minimum absolute atomic E-state index is 0.00834. The van der Waals surface area contributed by atoms with E-state index >= 15 is 0 Å². The van der Waals surface area contributed by atoms with E-state index in [2.05, 4.69) is 10.4 Å². The summed E-state index contributed by atoms with van der Waals surface area (Å²) in [5.74, 6) is -1.25. The fourth-order valence-corrected chi connectivity index (χ4v) is 2.44. The number of carbonyl (C=O) groups is 1. The van der Waals surface area contributed by atoms with Crippen LogP contribution in [0.15, 0.2) is 54.6 Å². The summed E-state index contributed by atoms with van der Waals surface area (Å²) in [6, 6.07) is 9.09. The molecule has 29 heavy (non-hydrogen) atoms. The van der Waals surface area contributed by atoms with Crippen LogP contribution in [0.2, 0.25) is 0 Å². The van der Waals surface area contributed by atoms with Gasteiger partial charge in [0, 0.05) is 17.3 Å². The normalized spacial score (nSPS) is 12.1. The molecule has 0 aliphatic heterocycles. The average Bonchev–Trinajstić information content (AvgIpc) is 3.09. The third kappa shape index (κ3) is 4.55. The molecule has 0 bridgehead atoms. The Morgan fingerprint density at radius 1 is 0.897 bits per heavy atom. The molecule has 2 aromatic carbocycles. The van der Waals surface area contributed by atoms with Crippen molar-refractivity contribution in [3.05, 3.63) is 77.4 Å². The van der Waals surface area contributed by atoms with Gasteiger partial charge in [-0.15, -0.1) is 0 Å². The lowest BCUT2D eigenvalue weighted by Gasteiger charge is -2.12. The van der Waals surface area contributed by atoms with E-state index in [-0.39, 0.29) is 27.7 Å². The van der Waals surface area contributed by atoms with E-state index in [4.69, 9.17) is 0 Å². The van der Waals surface area contributed by atoms with Crippen molar-refractivity contribution in [3.63, 3.8) is 0 Å². The molecule has 0 aliphatic rings. The second-order valence-corrected chi connectivity index (χ2v) is 5.83. The summed E-state index contributed by atoms with van der Waals surface area (Å²) < 4.78 is 91.0. The first-order valence-corrected chi connectivity index (χ1v) is 7.87. The molecule has 1 N–H and O–H groups in total. The van der Waals surface area contributed by atoms with E-state index < -0.39 is 35.5 Å². The smallest absolute Gasteiger partial charge is 0.322 e. The standard InChI is InChI=1S/C18H10F7N3O/c19-11-6-4-10(5-7-11)16(29)26-12-2-1-3-13(8-12)28-15(18(23,24)25)9-14(27-28)17(20,21)22/h1-9H,(H,26,29). The number of nitrogens with one attached hydrogen (secondary N) is 1. The van der Waals surface area contributed by atoms with Gasteiger partial charge in [-0.2, -0.15) is 31.4 Å². The lowest BCUT2D eigenvalue weighted by Crippen LogP contribution is -2.15. The minimum Gasteiger partial charge on any atom is -0.322 e. The van der Waals surface area contributed by atoms with Crippen molar-refractivity contribution < 1.29 is 35.5 Å². The van der Waals surface area contributed by atoms with Crippen molar-refractivity contribution >= 4 is 11.6 Å². The van der Waals surface area contributed by atoms with Gasteiger partial charge >= 0.3 is 12.4 Å². The topological polar surface area (TPSA) is 46.9 Å². The van der Waals surface area contributed by atoms with Gasteiger partial charge in [-0.1, -0.05) is 6.07 Å². The highest BCUT2D eigenvalue weighted by Crippen LogP contribution is 2.36. The summed E-state index contributed by atoms with van der Waals surface area (Å²) in [7, 11) is 0. The highest BCUT2D eigenvalue weighted by atomic mass is 19.4. The first-order chi connectivity index (χ1) is 13.4. The van der Waals surface area contributed by atoms with Crippen molar-refractivity contribution in [1.29, 1.82) is 0 Å². The lowest BCUT2D eigenvalue weighted by molar-refractivity contribution is -0.143. The Morgan fingerprint density at radius 2 is 1.55 bits per heavy atom. The van der Waals surface area contributed by atoms with E-state index in [1.54, 1.807) is 0 Å². The number of benzene rings is 2. The molecule has 0 unspecified atom stereocenters. The van der Waals surface area contributed by atoms with Gasteiger partial charge in [-0.3, -0.25) is 4.79 Å². The van der Waals surface area contributed by atoms with Crippen molar-refractivity contribution in [1.82, 2.24) is 9.78 Å². The fourth-order valence-electron chi connectivity index (χ4n) is 2.44. The van der Waals surface area contributed by atoms with Crippen LogP contribution in [0.3, 0.4) is 0 Å². The van der Waals surface area contributed by atoms with E-state index in [0.29, 0.717) is 0 Å². The first-order valence-electron chi connectivity index (χ1n) is 7.87. The Hall–Kier alpha value is -3.37. The van der Waals surface area contributed by atoms with Gasteiger partial charge in [0.15, 0.2) is 5.69 Å². The maximum absolute atomic E-state index is 13.2. The third-order valence-corrected chi connectivity index (χ3v) is 3.75. The van der Waals surface area contributed by atoms with Gasteiger partial charge in [-0.05, 0) is 42.5 Å². The van der Waals surface area contributed by atoms with Crippen LogP contribution in [0.4, 0.5) is 36.4 Å². The van der Waals surface area contributed by atoms with Crippen LogP contribution in [0.25, 0.3) is 5.69 Å². The molecule has 0 aliphatic carbocycles. The number of carbonyl (C=O) groups excluding carboxylic acids is 1. The molecule has 3 rings (SSSR count). The van der Waals surface area contributed by atoms with Gasteiger partial charge in [-0.25, -0.2) is 9.07 Å². The van der Waals surface area contributed by atoms with Crippen LogP contribution in [0.5, 0.6) is 0 Å². The minimum atomic E-state index is -5.09. The number of hydrogen-bond acceptors (Lipinski definition) is 2. The maximum Gasteiger partial charge on any atom is 0.435 e. The van der Waals surface area contributed by atoms with Crippen LogP contribution in [-0.4, -0.2) is 15.7 Å². The Kier molecular flexibility index (Phi) is 5.07. The molecule has 1 amide bonds. The quantitative estimate of drug-likeness (QED) is 0.588. The SMILES string of the molecule is O=C(Nc1cccc(-n2nc(C(F)(F)F)cc2C(F)(F)F)c1)c1ccc(F)cc1. The summed E-state index contributed by atoms with van der Waals surface area (Å²) in [5, 5.41) is 5.40. The van der Waals surface area contributed by atoms with Gasteiger partial charge in [0.2, 0.25) is 0 Å². The van der Waals surface area contributed by atoms with Crippen LogP contribution in [0.1, 0.15) is 21.7 Å². The number of halogens is 7. The average molecular weight is 417 g/mol. The molecule has 0 fully saturated rings. The Labute approximate surface area is 158 Å². The number of amides is 1. The molecule has 0 radical (unpaired) electrons. The van der Waals surface area contributed by atoms with Crippen molar-refractivity contribution in [3.8, 4) is 5.69 Å². The van der Waals surface area contributed by atoms with Crippen molar-refractivity contribution in [2.75, 3.05) is 5.32 Å². The van der Waals surface area contributed by atoms with Crippen LogP contribution in [0, 0.1) is 5.82 Å². The molecule has 0 saturated carbocycles. The number of nitrogens with zero attached hydrogens (tertiary/aromatic N) is 2. The second kappa shape index (κ2) is 7.22. The highest BCUT2D eigenvalue weighted by molar-refractivity contribution is 6.04. The predicted molar refractivity (Wildman–Crippen MR) is 87.9 cm³/mol. The van der Waals surface area contributed by atoms with E-state index in [1.807, 2.05) is 0 Å². The molecule has 152 valence electrons. The highest BCUT2D eigenvalue weighted by Gasteiger charge is 2.42. The number of aromatic nitrogens is 2. The number of rotatable bonds is 3. The first kappa shape index (κ1) is 20.4. The summed E-state index contributed by atoms with van der Waals surface area (Å²) in [6.45, 7) is 0. The third-order valence-electron chi connectivity index (χ3n) is 3.75. The molecular formula is C18H10F7N3O. The van der Waals surface area contributed by atoms with Crippen LogP contribution in [-0.2, 0) is 12.4 Å². The van der Waals surface area contributed by atoms with Crippen molar-refractivity contribution in [2.24, 2.45) is 0 Å². The van der Waals surface area contributed by atoms with Gasteiger partial charge < -0.3 is 5.32 Å². The summed E-state index contributed by atoms with van der Waals surface area (Å²) >= 11 is 0.